The Balaban J connectivity index is 1.37. The van der Waals surface area contributed by atoms with Crippen LogP contribution in [0.15, 0.2) is 35.0 Å². The minimum Gasteiger partial charge on any atom is -0.472 e. The molecule has 0 radical (unpaired) electrons. The van der Waals surface area contributed by atoms with Gasteiger partial charge in [-0.1, -0.05) is 5.16 Å². The molecule has 3 heterocycles. The minimum atomic E-state index is -0.252. The summed E-state index contributed by atoms with van der Waals surface area (Å²) in [5.41, 5.74) is 3.50. The Bertz CT molecular complexity index is 1010. The van der Waals surface area contributed by atoms with E-state index in [1.165, 1.54) is 0 Å². The second-order valence-corrected chi connectivity index (χ2v) is 7.30. The van der Waals surface area contributed by atoms with E-state index < -0.39 is 0 Å². The number of pyridine rings is 1. The van der Waals surface area contributed by atoms with Crippen molar-refractivity contribution in [2.24, 2.45) is 0 Å². The van der Waals surface area contributed by atoms with Crippen LogP contribution in [-0.2, 0) is 11.3 Å². The Kier molecular flexibility index (Phi) is 5.71. The Hall–Kier alpha value is -3.33. The highest BCUT2D eigenvalue weighted by Gasteiger charge is 2.30. The van der Waals surface area contributed by atoms with Crippen molar-refractivity contribution in [3.05, 3.63) is 53.2 Å². The highest BCUT2D eigenvalue weighted by Crippen LogP contribution is 2.26. The third-order valence-electron chi connectivity index (χ3n) is 5.17. The van der Waals surface area contributed by atoms with E-state index in [1.807, 2.05) is 26.0 Å². The monoisotopic (exact) mass is 409 g/mol. The van der Waals surface area contributed by atoms with Crippen LogP contribution in [0, 0.1) is 13.8 Å². The predicted octanol–water partition coefficient (Wildman–Crippen LogP) is 2.63. The number of carbonyl (C=O) groups excluding carboxylic acids is 1. The van der Waals surface area contributed by atoms with E-state index >= 15 is 0 Å². The van der Waals surface area contributed by atoms with Crippen LogP contribution in [0.1, 0.15) is 40.3 Å². The van der Waals surface area contributed by atoms with E-state index in [2.05, 4.69) is 25.7 Å². The molecular formula is C21H23N5O4. The molecule has 3 aromatic heterocycles. The number of nitrogens with one attached hydrogen (secondary N) is 1. The molecule has 156 valence electrons. The first-order valence-corrected chi connectivity index (χ1v) is 9.72. The van der Waals surface area contributed by atoms with Gasteiger partial charge in [-0.2, -0.15) is 0 Å². The number of hydrogen-bond donors (Lipinski definition) is 1. The van der Waals surface area contributed by atoms with Gasteiger partial charge in [0.05, 0.1) is 11.7 Å². The van der Waals surface area contributed by atoms with E-state index in [9.17, 15) is 4.79 Å². The largest absolute Gasteiger partial charge is 0.472 e. The van der Waals surface area contributed by atoms with E-state index in [0.29, 0.717) is 17.3 Å². The first kappa shape index (κ1) is 20.0. The summed E-state index contributed by atoms with van der Waals surface area (Å²) < 4.78 is 16.3. The second kappa shape index (κ2) is 8.58. The zero-order chi connectivity index (χ0) is 21.1. The number of hydrogen-bond acceptors (Lipinski definition) is 8. The Labute approximate surface area is 173 Å². The highest BCUT2D eigenvalue weighted by molar-refractivity contribution is 5.92. The molecule has 1 saturated carbocycles. The van der Waals surface area contributed by atoms with Crippen LogP contribution >= 0.6 is 0 Å². The molecule has 0 atom stereocenters. The van der Waals surface area contributed by atoms with Gasteiger partial charge < -0.3 is 19.3 Å². The maximum atomic E-state index is 12.2. The van der Waals surface area contributed by atoms with Gasteiger partial charge in [-0.25, -0.2) is 0 Å². The van der Waals surface area contributed by atoms with Crippen molar-refractivity contribution in [1.82, 2.24) is 25.7 Å². The molecule has 0 spiro atoms. The summed E-state index contributed by atoms with van der Waals surface area (Å²) in [5, 5.41) is 15.0. The van der Waals surface area contributed by atoms with Gasteiger partial charge in [0.25, 0.3) is 5.91 Å². The molecule has 4 rings (SSSR count). The van der Waals surface area contributed by atoms with E-state index in [0.717, 1.165) is 29.7 Å². The van der Waals surface area contributed by atoms with Gasteiger partial charge in [0.2, 0.25) is 5.88 Å². The van der Waals surface area contributed by atoms with E-state index in [1.54, 1.807) is 25.4 Å². The standard InChI is InChI=1S/C21H23N5O4/c1-12-4-5-14(10-22-12)20-17(13(2)30-26-20)11-29-19-7-6-18(24-25-19)21(27)23-15-8-16(9-15)28-3/h4-7,10,15-16H,8-9,11H2,1-3H3,(H,23,27)/t15-,16+. The number of nitrogens with zero attached hydrogens (tertiary/aromatic N) is 4. The summed E-state index contributed by atoms with van der Waals surface area (Å²) in [6, 6.07) is 7.18. The van der Waals surface area contributed by atoms with Crippen LogP contribution in [0.3, 0.4) is 0 Å². The molecule has 1 amide bonds. The van der Waals surface area contributed by atoms with Crippen molar-refractivity contribution in [2.45, 2.75) is 45.4 Å². The molecule has 1 aliphatic carbocycles. The Morgan fingerprint density at radius 3 is 2.70 bits per heavy atom. The SMILES string of the molecule is CO[C@H]1C[C@@H](NC(=O)c2ccc(OCc3c(-c4ccc(C)nc4)noc3C)nn2)C1. The maximum Gasteiger partial charge on any atom is 0.272 e. The third kappa shape index (κ3) is 4.30. The van der Waals surface area contributed by atoms with Crippen LogP contribution in [0.25, 0.3) is 11.3 Å². The van der Waals surface area contributed by atoms with Crippen LogP contribution in [0.2, 0.25) is 0 Å². The molecule has 3 aromatic rings. The van der Waals surface area contributed by atoms with Crippen LogP contribution in [-0.4, -0.2) is 45.5 Å². The van der Waals surface area contributed by atoms with Gasteiger partial charge in [-0.3, -0.25) is 9.78 Å². The summed E-state index contributed by atoms with van der Waals surface area (Å²) in [6.45, 7) is 3.96. The lowest BCUT2D eigenvalue weighted by molar-refractivity contribution is 0.0175. The molecule has 1 aliphatic rings. The summed E-state index contributed by atoms with van der Waals surface area (Å²) in [6.07, 6.45) is 3.60. The number of aromatic nitrogens is 4. The van der Waals surface area contributed by atoms with Crippen LogP contribution in [0.5, 0.6) is 5.88 Å². The van der Waals surface area contributed by atoms with Crippen molar-refractivity contribution in [3.63, 3.8) is 0 Å². The number of amides is 1. The maximum absolute atomic E-state index is 12.2. The molecule has 0 saturated heterocycles. The molecule has 1 N–H and O–H groups in total. The number of ether oxygens (including phenoxy) is 2. The fourth-order valence-corrected chi connectivity index (χ4v) is 3.20. The molecule has 0 aliphatic heterocycles. The van der Waals surface area contributed by atoms with Gasteiger partial charge in [-0.15, -0.1) is 10.2 Å². The zero-order valence-corrected chi connectivity index (χ0v) is 17.1. The van der Waals surface area contributed by atoms with Crippen molar-refractivity contribution in [3.8, 4) is 17.1 Å². The lowest BCUT2D eigenvalue weighted by Crippen LogP contribution is -2.47. The van der Waals surface area contributed by atoms with E-state index in [4.69, 9.17) is 14.0 Å². The van der Waals surface area contributed by atoms with Crippen LogP contribution in [0.4, 0.5) is 0 Å². The topological polar surface area (TPSA) is 112 Å². The van der Waals surface area contributed by atoms with Crippen molar-refractivity contribution in [2.75, 3.05) is 7.11 Å². The quantitative estimate of drug-likeness (QED) is 0.634. The zero-order valence-electron chi connectivity index (χ0n) is 17.1. The summed E-state index contributed by atoms with van der Waals surface area (Å²) in [7, 11) is 1.68. The third-order valence-corrected chi connectivity index (χ3v) is 5.17. The predicted molar refractivity (Wildman–Crippen MR) is 107 cm³/mol. The number of rotatable bonds is 7. The van der Waals surface area contributed by atoms with Crippen molar-refractivity contribution in [1.29, 1.82) is 0 Å². The van der Waals surface area contributed by atoms with Gasteiger partial charge in [-0.05, 0) is 44.9 Å². The van der Waals surface area contributed by atoms with Gasteiger partial charge in [0, 0.05) is 36.7 Å². The molecule has 1 fully saturated rings. The normalized spacial score (nSPS) is 18.0. The smallest absolute Gasteiger partial charge is 0.272 e. The van der Waals surface area contributed by atoms with Gasteiger partial charge in [0.15, 0.2) is 5.69 Å². The average Bonchev–Trinajstić information content (AvgIpc) is 3.10. The van der Waals surface area contributed by atoms with Gasteiger partial charge >= 0.3 is 0 Å². The Morgan fingerprint density at radius 2 is 2.03 bits per heavy atom. The second-order valence-electron chi connectivity index (χ2n) is 7.30. The number of carbonyl (C=O) groups is 1. The van der Waals surface area contributed by atoms with Crippen molar-refractivity contribution < 1.29 is 18.8 Å². The lowest BCUT2D eigenvalue weighted by Gasteiger charge is -2.34. The number of methoxy groups -OCH3 is 1. The summed E-state index contributed by atoms with van der Waals surface area (Å²) in [4.78, 5) is 16.5. The molecule has 0 aromatic carbocycles. The molecular weight excluding hydrogens is 386 g/mol. The van der Waals surface area contributed by atoms with E-state index in [-0.39, 0.29) is 30.4 Å². The molecule has 30 heavy (non-hydrogen) atoms. The summed E-state index contributed by atoms with van der Waals surface area (Å²) in [5.74, 6) is 0.713. The average molecular weight is 409 g/mol. The van der Waals surface area contributed by atoms with Crippen LogP contribution < -0.4 is 10.1 Å². The first-order chi connectivity index (χ1) is 14.5. The lowest BCUT2D eigenvalue weighted by atomic mass is 9.89. The highest BCUT2D eigenvalue weighted by atomic mass is 16.5. The first-order valence-electron chi connectivity index (χ1n) is 9.72. The molecule has 0 bridgehead atoms. The number of aryl methyl sites for hydroxylation is 2. The fourth-order valence-electron chi connectivity index (χ4n) is 3.20. The molecule has 9 nitrogen and oxygen atoms in total. The summed E-state index contributed by atoms with van der Waals surface area (Å²) >= 11 is 0. The van der Waals surface area contributed by atoms with Gasteiger partial charge in [0.1, 0.15) is 18.1 Å². The minimum absolute atomic E-state index is 0.117. The Morgan fingerprint density at radius 1 is 1.20 bits per heavy atom. The molecule has 9 heteroatoms. The molecule has 0 unspecified atom stereocenters. The van der Waals surface area contributed by atoms with Crippen molar-refractivity contribution >= 4 is 5.91 Å². The fraction of sp³-hybridized carbons (Fsp3) is 0.381.